The molecule has 0 aliphatic carbocycles. The lowest BCUT2D eigenvalue weighted by Gasteiger charge is -2.21. The van der Waals surface area contributed by atoms with Crippen molar-refractivity contribution in [2.45, 2.75) is 12.2 Å². The Balaban J connectivity index is 1.82. The number of nitrogens with one attached hydrogen (secondary N) is 1. The maximum atomic E-state index is 12.4. The van der Waals surface area contributed by atoms with Gasteiger partial charge in [-0.05, 0) is 34.7 Å². The number of carboxylic acid groups (broad SMARTS) is 1. The highest BCUT2D eigenvalue weighted by Gasteiger charge is 2.53. The van der Waals surface area contributed by atoms with Crippen molar-refractivity contribution in [1.29, 1.82) is 0 Å². The van der Waals surface area contributed by atoms with E-state index in [-0.39, 0.29) is 5.91 Å². The number of rotatable bonds is 3. The Kier molecular flexibility index (Phi) is 3.51. The van der Waals surface area contributed by atoms with Crippen molar-refractivity contribution in [3.05, 3.63) is 40.0 Å². The summed E-state index contributed by atoms with van der Waals surface area (Å²) in [5.41, 5.74) is 0.689. The van der Waals surface area contributed by atoms with E-state index in [1.165, 1.54) is 0 Å². The van der Waals surface area contributed by atoms with E-state index in [1.54, 1.807) is 18.2 Å². The first-order valence-electron chi connectivity index (χ1n) is 6.20. The van der Waals surface area contributed by atoms with Gasteiger partial charge in [-0.2, -0.15) is 0 Å². The second-order valence-electron chi connectivity index (χ2n) is 4.81. The first-order chi connectivity index (χ1) is 9.58. The highest BCUT2D eigenvalue weighted by atomic mass is 127. The molecule has 3 rings (SSSR count). The van der Waals surface area contributed by atoms with Crippen LogP contribution in [-0.4, -0.2) is 29.2 Å². The zero-order valence-corrected chi connectivity index (χ0v) is 12.5. The smallest absolute Gasteiger partial charge is 0.310 e. The first kappa shape index (κ1) is 13.6. The molecule has 0 spiro atoms. The minimum Gasteiger partial charge on any atom is -0.481 e. The first-order valence-corrected chi connectivity index (χ1v) is 7.28. The molecule has 104 valence electrons. The molecule has 20 heavy (non-hydrogen) atoms. The maximum Gasteiger partial charge on any atom is 0.310 e. The summed E-state index contributed by atoms with van der Waals surface area (Å²) in [7, 11) is 0. The number of carboxylic acids is 1. The standard InChI is InChI=1S/C14H12INO4/c15-7-3-1-2-4-8(7)16-13(17)11-9-5-6-10(20-9)12(11)14(18)19/h1-6,9-12H,(H,16,17)(H,18,19)/t9-,10+,11-,12-/m0/s1. The highest BCUT2D eigenvalue weighted by Crippen LogP contribution is 2.40. The normalized spacial score (nSPS) is 30.4. The molecule has 1 saturated heterocycles. The number of halogens is 1. The minimum atomic E-state index is -0.996. The molecule has 1 fully saturated rings. The van der Waals surface area contributed by atoms with Crippen LogP contribution >= 0.6 is 22.6 Å². The fourth-order valence-corrected chi connectivity index (χ4v) is 3.22. The molecule has 2 heterocycles. The number of hydrogen-bond acceptors (Lipinski definition) is 3. The number of benzene rings is 1. The predicted molar refractivity (Wildman–Crippen MR) is 80.2 cm³/mol. The molecule has 2 bridgehead atoms. The molecule has 6 heteroatoms. The number of hydrogen-bond donors (Lipinski definition) is 2. The van der Waals surface area contributed by atoms with Gasteiger partial charge in [0.2, 0.25) is 5.91 Å². The van der Waals surface area contributed by atoms with Gasteiger partial charge in [0.05, 0.1) is 23.8 Å². The van der Waals surface area contributed by atoms with Crippen molar-refractivity contribution >= 4 is 40.2 Å². The van der Waals surface area contributed by atoms with Gasteiger partial charge in [-0.1, -0.05) is 24.3 Å². The second kappa shape index (κ2) is 5.17. The Morgan fingerprint density at radius 1 is 1.15 bits per heavy atom. The minimum absolute atomic E-state index is 0.307. The summed E-state index contributed by atoms with van der Waals surface area (Å²) in [5, 5.41) is 12.1. The van der Waals surface area contributed by atoms with E-state index < -0.39 is 30.0 Å². The zero-order chi connectivity index (χ0) is 14.3. The van der Waals surface area contributed by atoms with Crippen LogP contribution in [0, 0.1) is 15.4 Å². The fraction of sp³-hybridized carbons (Fsp3) is 0.286. The van der Waals surface area contributed by atoms with Gasteiger partial charge in [-0.3, -0.25) is 9.59 Å². The molecular formula is C14H12INO4. The lowest BCUT2D eigenvalue weighted by atomic mass is 9.82. The molecule has 2 aliphatic heterocycles. The van der Waals surface area contributed by atoms with Gasteiger partial charge in [0.25, 0.3) is 0 Å². The molecule has 1 aromatic carbocycles. The van der Waals surface area contributed by atoms with Crippen molar-refractivity contribution in [3.8, 4) is 0 Å². The number of amides is 1. The third-order valence-corrected chi connectivity index (χ3v) is 4.56. The molecule has 0 unspecified atom stereocenters. The van der Waals surface area contributed by atoms with Crippen LogP contribution in [0.15, 0.2) is 36.4 Å². The Morgan fingerprint density at radius 3 is 2.45 bits per heavy atom. The van der Waals surface area contributed by atoms with E-state index in [0.717, 1.165) is 3.57 Å². The molecule has 5 nitrogen and oxygen atoms in total. The maximum absolute atomic E-state index is 12.4. The van der Waals surface area contributed by atoms with Crippen LogP contribution in [0.2, 0.25) is 0 Å². The van der Waals surface area contributed by atoms with Crippen LogP contribution in [0.1, 0.15) is 0 Å². The number of anilines is 1. The van der Waals surface area contributed by atoms with Gasteiger partial charge in [0, 0.05) is 3.57 Å². The monoisotopic (exact) mass is 385 g/mol. The van der Waals surface area contributed by atoms with Crippen LogP contribution in [0.25, 0.3) is 0 Å². The van der Waals surface area contributed by atoms with E-state index in [0.29, 0.717) is 5.69 Å². The van der Waals surface area contributed by atoms with Crippen LogP contribution in [0.3, 0.4) is 0 Å². The molecule has 1 aromatic rings. The SMILES string of the molecule is O=C(Nc1ccccc1I)[C@@H]1[C@@H](C(=O)O)[C@H]2C=C[C@@H]1O2. The Morgan fingerprint density at radius 2 is 1.80 bits per heavy atom. The summed E-state index contributed by atoms with van der Waals surface area (Å²) in [5.74, 6) is -2.80. The van der Waals surface area contributed by atoms with Gasteiger partial charge >= 0.3 is 5.97 Å². The van der Waals surface area contributed by atoms with Gasteiger partial charge in [0.1, 0.15) is 5.92 Å². The fourth-order valence-electron chi connectivity index (χ4n) is 2.69. The van der Waals surface area contributed by atoms with Gasteiger partial charge < -0.3 is 15.2 Å². The summed E-state index contributed by atoms with van der Waals surface area (Å²) in [4.78, 5) is 23.7. The molecule has 1 amide bonds. The zero-order valence-electron chi connectivity index (χ0n) is 10.3. The molecule has 0 radical (unpaired) electrons. The topological polar surface area (TPSA) is 75.6 Å². The van der Waals surface area contributed by atoms with E-state index in [9.17, 15) is 14.7 Å². The van der Waals surface area contributed by atoms with Crippen molar-refractivity contribution in [3.63, 3.8) is 0 Å². The molecule has 4 atom stereocenters. The second-order valence-corrected chi connectivity index (χ2v) is 5.97. The predicted octanol–water partition coefficient (Wildman–Crippen LogP) is 1.88. The number of carbonyl (C=O) groups excluding carboxylic acids is 1. The number of carbonyl (C=O) groups is 2. The van der Waals surface area contributed by atoms with Crippen molar-refractivity contribution < 1.29 is 19.4 Å². The summed E-state index contributed by atoms with van der Waals surface area (Å²) in [6.07, 6.45) is 2.55. The average Bonchev–Trinajstić information content (AvgIpc) is 3.01. The van der Waals surface area contributed by atoms with Crippen LogP contribution in [0.5, 0.6) is 0 Å². The largest absolute Gasteiger partial charge is 0.481 e. The van der Waals surface area contributed by atoms with Crippen molar-refractivity contribution in [2.24, 2.45) is 11.8 Å². The van der Waals surface area contributed by atoms with Gasteiger partial charge in [-0.15, -0.1) is 0 Å². The van der Waals surface area contributed by atoms with E-state index in [4.69, 9.17) is 4.74 Å². The van der Waals surface area contributed by atoms with Crippen molar-refractivity contribution in [1.82, 2.24) is 0 Å². The van der Waals surface area contributed by atoms with Crippen LogP contribution < -0.4 is 5.32 Å². The van der Waals surface area contributed by atoms with E-state index >= 15 is 0 Å². The lowest BCUT2D eigenvalue weighted by molar-refractivity contribution is -0.145. The molecule has 0 saturated carbocycles. The Labute approximate surface area is 129 Å². The van der Waals surface area contributed by atoms with Gasteiger partial charge in [0.15, 0.2) is 0 Å². The van der Waals surface area contributed by atoms with Crippen LogP contribution in [-0.2, 0) is 14.3 Å². The molecular weight excluding hydrogens is 373 g/mol. The summed E-state index contributed by atoms with van der Waals surface area (Å²) < 4.78 is 6.40. The number of aliphatic carboxylic acids is 1. The molecule has 2 N–H and O–H groups in total. The summed E-state index contributed by atoms with van der Waals surface area (Å²) >= 11 is 2.12. The summed E-state index contributed by atoms with van der Waals surface area (Å²) in [6.45, 7) is 0. The number of ether oxygens (including phenoxy) is 1. The Bertz CT molecular complexity index is 601. The number of fused-ring (bicyclic) bond motifs is 2. The highest BCUT2D eigenvalue weighted by molar-refractivity contribution is 14.1. The Hall–Kier alpha value is -1.41. The van der Waals surface area contributed by atoms with Crippen molar-refractivity contribution in [2.75, 3.05) is 5.32 Å². The van der Waals surface area contributed by atoms with E-state index in [2.05, 4.69) is 27.9 Å². The van der Waals surface area contributed by atoms with Gasteiger partial charge in [-0.25, -0.2) is 0 Å². The quantitative estimate of drug-likeness (QED) is 0.616. The summed E-state index contributed by atoms with van der Waals surface area (Å²) in [6, 6.07) is 7.37. The third-order valence-electron chi connectivity index (χ3n) is 3.62. The van der Waals surface area contributed by atoms with E-state index in [1.807, 2.05) is 18.2 Å². The molecule has 0 aromatic heterocycles. The number of para-hydroxylation sites is 1. The van der Waals surface area contributed by atoms with Crippen LogP contribution in [0.4, 0.5) is 5.69 Å². The average molecular weight is 385 g/mol. The molecule has 2 aliphatic rings. The third kappa shape index (κ3) is 2.22. The lowest BCUT2D eigenvalue weighted by Crippen LogP contribution is -2.39.